The van der Waals surface area contributed by atoms with Gasteiger partial charge in [0, 0.05) is 22.9 Å². The number of amides is 2. The first kappa shape index (κ1) is 17.1. The summed E-state index contributed by atoms with van der Waals surface area (Å²) >= 11 is 7.43. The number of halogens is 1. The van der Waals surface area contributed by atoms with E-state index < -0.39 is 0 Å². The molecule has 1 aromatic carbocycles. The summed E-state index contributed by atoms with van der Waals surface area (Å²) in [5, 5.41) is 15.5. The average Bonchev–Trinajstić information content (AvgIpc) is 2.40. The van der Waals surface area contributed by atoms with Gasteiger partial charge in [-0.1, -0.05) is 23.7 Å². The number of rotatable bonds is 7. The van der Waals surface area contributed by atoms with Crippen LogP contribution < -0.4 is 10.6 Å². The van der Waals surface area contributed by atoms with Crippen LogP contribution in [0.4, 0.5) is 4.79 Å². The van der Waals surface area contributed by atoms with Gasteiger partial charge in [0.2, 0.25) is 0 Å². The molecule has 0 aliphatic rings. The third-order valence-corrected chi connectivity index (χ3v) is 4.39. The van der Waals surface area contributed by atoms with Crippen molar-refractivity contribution in [2.45, 2.75) is 24.6 Å². The third kappa shape index (κ3) is 6.03. The lowest BCUT2D eigenvalue weighted by molar-refractivity contribution is 0.232. The molecule has 0 fully saturated rings. The fourth-order valence-electron chi connectivity index (χ4n) is 1.80. The predicted molar refractivity (Wildman–Crippen MR) is 85.5 cm³/mol. The van der Waals surface area contributed by atoms with E-state index in [1.807, 2.05) is 37.4 Å². The van der Waals surface area contributed by atoms with Gasteiger partial charge < -0.3 is 15.7 Å². The summed E-state index contributed by atoms with van der Waals surface area (Å²) < 4.78 is 0. The first-order chi connectivity index (χ1) is 9.56. The van der Waals surface area contributed by atoms with Crippen LogP contribution in [0.15, 0.2) is 24.3 Å². The van der Waals surface area contributed by atoms with Crippen molar-refractivity contribution in [2.24, 2.45) is 0 Å². The second-order valence-electron chi connectivity index (χ2n) is 4.53. The molecule has 0 radical (unpaired) electrons. The number of nitrogens with one attached hydrogen (secondary N) is 2. The van der Waals surface area contributed by atoms with E-state index in [9.17, 15) is 4.79 Å². The van der Waals surface area contributed by atoms with Crippen LogP contribution in [0.25, 0.3) is 0 Å². The normalized spacial score (nSPS) is 13.6. The van der Waals surface area contributed by atoms with Gasteiger partial charge >= 0.3 is 6.03 Å². The highest BCUT2D eigenvalue weighted by Crippen LogP contribution is 2.11. The van der Waals surface area contributed by atoms with Crippen LogP contribution in [-0.2, 0) is 6.42 Å². The molecule has 112 valence electrons. The molecular formula is C14H21ClN2O2S. The molecule has 1 rings (SSSR count). The van der Waals surface area contributed by atoms with Gasteiger partial charge in [-0.25, -0.2) is 4.79 Å². The van der Waals surface area contributed by atoms with Crippen LogP contribution in [0.1, 0.15) is 12.5 Å². The SMILES string of the molecule is CSC(CO)C(C)NC(=O)NCCc1cccc(Cl)c1. The summed E-state index contributed by atoms with van der Waals surface area (Å²) in [4.78, 5) is 11.7. The van der Waals surface area contributed by atoms with Crippen LogP contribution in [0.5, 0.6) is 0 Å². The minimum Gasteiger partial charge on any atom is -0.395 e. The lowest BCUT2D eigenvalue weighted by Crippen LogP contribution is -2.46. The Morgan fingerprint density at radius 3 is 2.85 bits per heavy atom. The van der Waals surface area contributed by atoms with Gasteiger partial charge in [-0.05, 0) is 37.3 Å². The van der Waals surface area contributed by atoms with Gasteiger partial charge in [-0.3, -0.25) is 0 Å². The van der Waals surface area contributed by atoms with E-state index in [2.05, 4.69) is 10.6 Å². The Morgan fingerprint density at radius 1 is 1.50 bits per heavy atom. The quantitative estimate of drug-likeness (QED) is 0.723. The highest BCUT2D eigenvalue weighted by molar-refractivity contribution is 7.99. The molecule has 0 saturated heterocycles. The van der Waals surface area contributed by atoms with Crippen molar-refractivity contribution in [1.82, 2.24) is 10.6 Å². The molecule has 1 aromatic rings. The number of carbonyl (C=O) groups is 1. The molecule has 0 spiro atoms. The van der Waals surface area contributed by atoms with E-state index in [1.54, 1.807) is 0 Å². The summed E-state index contributed by atoms with van der Waals surface area (Å²) in [7, 11) is 0. The van der Waals surface area contributed by atoms with E-state index in [1.165, 1.54) is 11.8 Å². The first-order valence-corrected chi connectivity index (χ1v) is 8.16. The van der Waals surface area contributed by atoms with Crippen LogP contribution >= 0.6 is 23.4 Å². The molecule has 0 aliphatic carbocycles. The van der Waals surface area contributed by atoms with Crippen molar-refractivity contribution >= 4 is 29.4 Å². The highest BCUT2D eigenvalue weighted by atomic mass is 35.5. The number of hydrogen-bond acceptors (Lipinski definition) is 3. The highest BCUT2D eigenvalue weighted by Gasteiger charge is 2.16. The van der Waals surface area contributed by atoms with Gasteiger partial charge in [-0.2, -0.15) is 11.8 Å². The second-order valence-corrected chi connectivity index (χ2v) is 6.04. The van der Waals surface area contributed by atoms with E-state index in [-0.39, 0.29) is 23.9 Å². The number of carbonyl (C=O) groups excluding carboxylic acids is 1. The summed E-state index contributed by atoms with van der Waals surface area (Å²) in [5.41, 5.74) is 1.09. The van der Waals surface area contributed by atoms with E-state index in [0.29, 0.717) is 11.6 Å². The number of urea groups is 1. The van der Waals surface area contributed by atoms with Crippen molar-refractivity contribution in [3.05, 3.63) is 34.9 Å². The molecule has 0 bridgehead atoms. The standard InChI is InChI=1S/C14H21ClN2O2S/c1-10(13(9-18)20-2)17-14(19)16-7-6-11-4-3-5-12(15)8-11/h3-5,8,10,13,18H,6-7,9H2,1-2H3,(H2,16,17,19). The third-order valence-electron chi connectivity index (χ3n) is 2.99. The molecule has 0 aliphatic heterocycles. The zero-order chi connectivity index (χ0) is 15.0. The molecule has 2 unspecified atom stereocenters. The topological polar surface area (TPSA) is 61.4 Å². The summed E-state index contributed by atoms with van der Waals surface area (Å²) in [6.45, 7) is 2.47. The van der Waals surface area contributed by atoms with Crippen molar-refractivity contribution < 1.29 is 9.90 Å². The van der Waals surface area contributed by atoms with E-state index in [4.69, 9.17) is 16.7 Å². The average molecular weight is 317 g/mol. The zero-order valence-corrected chi connectivity index (χ0v) is 13.3. The van der Waals surface area contributed by atoms with Gasteiger partial charge in [-0.15, -0.1) is 0 Å². The number of hydrogen-bond donors (Lipinski definition) is 3. The number of aliphatic hydroxyl groups is 1. The number of aliphatic hydroxyl groups excluding tert-OH is 1. The van der Waals surface area contributed by atoms with E-state index in [0.717, 1.165) is 12.0 Å². The maximum Gasteiger partial charge on any atom is 0.315 e. The smallest absolute Gasteiger partial charge is 0.315 e. The van der Waals surface area contributed by atoms with Gasteiger partial charge in [0.05, 0.1) is 6.61 Å². The Hall–Kier alpha value is -0.910. The summed E-state index contributed by atoms with van der Waals surface area (Å²) in [5.74, 6) is 0. The van der Waals surface area contributed by atoms with Crippen LogP contribution in [0.3, 0.4) is 0 Å². The Labute approximate surface area is 129 Å². The molecule has 20 heavy (non-hydrogen) atoms. The molecule has 4 nitrogen and oxygen atoms in total. The number of thioether (sulfide) groups is 1. The molecule has 3 N–H and O–H groups in total. The largest absolute Gasteiger partial charge is 0.395 e. The van der Waals surface area contributed by atoms with Crippen molar-refractivity contribution in [2.75, 3.05) is 19.4 Å². The summed E-state index contributed by atoms with van der Waals surface area (Å²) in [6, 6.07) is 7.28. The Kier molecular flexibility index (Phi) is 7.80. The second kappa shape index (κ2) is 9.10. The van der Waals surface area contributed by atoms with Crippen molar-refractivity contribution in [3.63, 3.8) is 0 Å². The lowest BCUT2D eigenvalue weighted by Gasteiger charge is -2.21. The van der Waals surface area contributed by atoms with Gasteiger partial charge in [0.15, 0.2) is 0 Å². The Morgan fingerprint density at radius 2 is 2.25 bits per heavy atom. The van der Waals surface area contributed by atoms with Crippen LogP contribution in [-0.4, -0.2) is 41.8 Å². The van der Waals surface area contributed by atoms with E-state index >= 15 is 0 Å². The van der Waals surface area contributed by atoms with Crippen LogP contribution in [0, 0.1) is 0 Å². The molecule has 0 saturated carbocycles. The minimum absolute atomic E-state index is 0.00804. The maximum atomic E-state index is 11.7. The molecule has 2 amide bonds. The predicted octanol–water partition coefficient (Wildman–Crippen LogP) is 2.29. The molecule has 2 atom stereocenters. The number of benzene rings is 1. The fraction of sp³-hybridized carbons (Fsp3) is 0.500. The monoisotopic (exact) mass is 316 g/mol. The summed E-state index contributed by atoms with van der Waals surface area (Å²) in [6.07, 6.45) is 2.64. The van der Waals surface area contributed by atoms with Crippen LogP contribution in [0.2, 0.25) is 5.02 Å². The first-order valence-electron chi connectivity index (χ1n) is 6.49. The van der Waals surface area contributed by atoms with Gasteiger partial charge in [0.25, 0.3) is 0 Å². The van der Waals surface area contributed by atoms with Gasteiger partial charge in [0.1, 0.15) is 0 Å². The minimum atomic E-state index is -0.216. The molecule has 0 heterocycles. The maximum absolute atomic E-state index is 11.7. The molecular weight excluding hydrogens is 296 g/mol. The Balaban J connectivity index is 2.30. The van der Waals surface area contributed by atoms with Crippen molar-refractivity contribution in [3.8, 4) is 0 Å². The fourth-order valence-corrected chi connectivity index (χ4v) is 2.64. The Bertz CT molecular complexity index is 427. The molecule has 6 heteroatoms. The zero-order valence-electron chi connectivity index (χ0n) is 11.7. The van der Waals surface area contributed by atoms with Crippen molar-refractivity contribution in [1.29, 1.82) is 0 Å². The lowest BCUT2D eigenvalue weighted by atomic mass is 10.1. The molecule has 0 aromatic heterocycles.